The van der Waals surface area contributed by atoms with Crippen molar-refractivity contribution in [2.24, 2.45) is 0 Å². The van der Waals surface area contributed by atoms with Crippen molar-refractivity contribution < 1.29 is 4.79 Å². The van der Waals surface area contributed by atoms with Crippen LogP contribution in [0.5, 0.6) is 0 Å². The van der Waals surface area contributed by atoms with E-state index in [0.29, 0.717) is 0 Å². The Hall–Kier alpha value is -2.11. The van der Waals surface area contributed by atoms with E-state index in [9.17, 15) is 4.79 Å². The summed E-state index contributed by atoms with van der Waals surface area (Å²) in [6.07, 6.45) is 0. The van der Waals surface area contributed by atoms with Gasteiger partial charge in [-0.05, 0) is 0 Å². The Balaban J connectivity index is 2.31. The standard InChI is InChI=1S/C19H17AsO/c21-16-20(17-10-4-1-5-11-17,18-12-6-2-7-13-18)19-14-8-3-9-15-19/h1-16,20H. The summed E-state index contributed by atoms with van der Waals surface area (Å²) in [7, 11) is 0. The molecule has 104 valence electrons. The molecule has 0 bridgehead atoms. The summed E-state index contributed by atoms with van der Waals surface area (Å²) in [5.74, 6) is 0. The molecule has 0 heterocycles. The van der Waals surface area contributed by atoms with Crippen molar-refractivity contribution in [2.75, 3.05) is 0 Å². The normalized spacial score (nSPS) is 11.8. The van der Waals surface area contributed by atoms with Crippen LogP contribution in [0.4, 0.5) is 0 Å². The van der Waals surface area contributed by atoms with Gasteiger partial charge < -0.3 is 0 Å². The summed E-state index contributed by atoms with van der Waals surface area (Å²) in [5.41, 5.74) is 0. The van der Waals surface area contributed by atoms with Crippen LogP contribution in [0.15, 0.2) is 91.0 Å². The van der Waals surface area contributed by atoms with Gasteiger partial charge in [0.15, 0.2) is 0 Å². The third-order valence-corrected chi connectivity index (χ3v) is 12.4. The summed E-state index contributed by atoms with van der Waals surface area (Å²) in [6.45, 7) is 0. The quantitative estimate of drug-likeness (QED) is 0.523. The van der Waals surface area contributed by atoms with Crippen molar-refractivity contribution in [3.05, 3.63) is 91.0 Å². The molecule has 0 aliphatic carbocycles. The van der Waals surface area contributed by atoms with Crippen molar-refractivity contribution in [3.8, 4) is 0 Å². The molecule has 0 spiro atoms. The Bertz CT molecular complexity index is 612. The predicted molar refractivity (Wildman–Crippen MR) is 92.1 cm³/mol. The van der Waals surface area contributed by atoms with Crippen LogP contribution in [0.3, 0.4) is 0 Å². The van der Waals surface area contributed by atoms with Gasteiger partial charge >= 0.3 is 127 Å². The van der Waals surface area contributed by atoms with Gasteiger partial charge in [-0.2, -0.15) is 0 Å². The third-order valence-electron chi connectivity index (χ3n) is 3.86. The van der Waals surface area contributed by atoms with Gasteiger partial charge in [0.2, 0.25) is 0 Å². The van der Waals surface area contributed by atoms with Crippen molar-refractivity contribution in [1.29, 1.82) is 0 Å². The molecule has 0 saturated carbocycles. The first-order chi connectivity index (χ1) is 10.4. The average molecular weight is 336 g/mol. The maximum absolute atomic E-state index is 12.3. The van der Waals surface area contributed by atoms with E-state index in [1.54, 1.807) is 0 Å². The Kier molecular flexibility index (Phi) is 4.03. The van der Waals surface area contributed by atoms with Crippen LogP contribution in [-0.4, -0.2) is 18.6 Å². The summed E-state index contributed by atoms with van der Waals surface area (Å²) >= 11 is -3.21. The van der Waals surface area contributed by atoms with Crippen molar-refractivity contribution >= 4 is 31.7 Å². The molecule has 0 aliphatic heterocycles. The molecule has 3 aromatic carbocycles. The summed E-state index contributed by atoms with van der Waals surface area (Å²) in [4.78, 5) is 12.3. The zero-order chi connectivity index (χ0) is 14.5. The van der Waals surface area contributed by atoms with E-state index in [1.165, 1.54) is 18.1 Å². The molecule has 1 nitrogen and oxygen atoms in total. The molecule has 0 fully saturated rings. The van der Waals surface area contributed by atoms with Gasteiger partial charge in [-0.1, -0.05) is 0 Å². The molecular weight excluding hydrogens is 319 g/mol. The molecule has 0 unspecified atom stereocenters. The van der Waals surface area contributed by atoms with Crippen molar-refractivity contribution in [1.82, 2.24) is 0 Å². The number of benzene rings is 3. The zero-order valence-electron chi connectivity index (χ0n) is 11.6. The van der Waals surface area contributed by atoms with Crippen LogP contribution in [0.1, 0.15) is 0 Å². The average Bonchev–Trinajstić information content (AvgIpc) is 2.59. The van der Waals surface area contributed by atoms with Gasteiger partial charge in [0.25, 0.3) is 0 Å². The topological polar surface area (TPSA) is 17.1 Å². The van der Waals surface area contributed by atoms with E-state index in [-0.39, 0.29) is 0 Å². The summed E-state index contributed by atoms with van der Waals surface area (Å²) in [5, 5.41) is 1.24. The van der Waals surface area contributed by atoms with Crippen LogP contribution >= 0.6 is 0 Å². The molecule has 0 N–H and O–H groups in total. The van der Waals surface area contributed by atoms with Gasteiger partial charge in [-0.25, -0.2) is 0 Å². The minimum atomic E-state index is -3.21. The minimum absolute atomic E-state index is 1.17. The van der Waals surface area contributed by atoms with Crippen LogP contribution in [0.2, 0.25) is 0 Å². The molecule has 21 heavy (non-hydrogen) atoms. The van der Waals surface area contributed by atoms with Gasteiger partial charge in [-0.15, -0.1) is 0 Å². The van der Waals surface area contributed by atoms with E-state index < -0.39 is 13.6 Å². The third kappa shape index (κ3) is 2.46. The molecule has 0 saturated heterocycles. The Morgan fingerprint density at radius 1 is 0.524 bits per heavy atom. The number of carbonyl (C=O) groups excluding carboxylic acids is 1. The van der Waals surface area contributed by atoms with Gasteiger partial charge in [0.1, 0.15) is 0 Å². The number of hydrogen-bond donors (Lipinski definition) is 0. The molecular formula is C19H17AsO. The van der Waals surface area contributed by atoms with Crippen LogP contribution < -0.4 is 13.1 Å². The fourth-order valence-corrected chi connectivity index (χ4v) is 10.3. The SMILES string of the molecule is O=C[AsH](c1ccccc1)(c1ccccc1)c1ccccc1. The Morgan fingerprint density at radius 3 is 1.05 bits per heavy atom. The molecule has 0 atom stereocenters. The second-order valence-electron chi connectivity index (χ2n) is 5.02. The van der Waals surface area contributed by atoms with E-state index in [1.807, 2.05) is 54.6 Å². The molecule has 2 heteroatoms. The van der Waals surface area contributed by atoms with E-state index in [0.717, 1.165) is 0 Å². The monoisotopic (exact) mass is 336 g/mol. The zero-order valence-corrected chi connectivity index (χ0v) is 13.7. The molecule has 3 rings (SSSR count). The van der Waals surface area contributed by atoms with Crippen LogP contribution in [-0.2, 0) is 4.79 Å². The second kappa shape index (κ2) is 6.11. The van der Waals surface area contributed by atoms with Crippen LogP contribution in [0, 0.1) is 0 Å². The van der Waals surface area contributed by atoms with Crippen molar-refractivity contribution in [2.45, 2.75) is 0 Å². The first kappa shape index (κ1) is 13.9. The van der Waals surface area contributed by atoms with E-state index >= 15 is 0 Å². The number of rotatable bonds is 4. The molecule has 0 aliphatic rings. The van der Waals surface area contributed by atoms with Crippen LogP contribution in [0.25, 0.3) is 0 Å². The Labute approximate surface area is 127 Å². The summed E-state index contributed by atoms with van der Waals surface area (Å²) in [6, 6.07) is 30.7. The molecule has 0 aromatic heterocycles. The Morgan fingerprint density at radius 2 is 0.810 bits per heavy atom. The van der Waals surface area contributed by atoms with Gasteiger partial charge in [-0.3, -0.25) is 0 Å². The maximum atomic E-state index is 12.3. The summed E-state index contributed by atoms with van der Waals surface area (Å²) < 4.78 is 3.51. The first-order valence-corrected chi connectivity index (χ1v) is 11.4. The van der Waals surface area contributed by atoms with E-state index in [2.05, 4.69) is 36.4 Å². The van der Waals surface area contributed by atoms with Gasteiger partial charge in [0.05, 0.1) is 0 Å². The molecule has 3 aromatic rings. The number of hydrogen-bond acceptors (Lipinski definition) is 1. The predicted octanol–water partition coefficient (Wildman–Crippen LogP) is 1.66. The van der Waals surface area contributed by atoms with Crippen molar-refractivity contribution in [3.63, 3.8) is 0 Å². The fourth-order valence-electron chi connectivity index (χ4n) is 2.81. The molecule has 0 radical (unpaired) electrons. The number of carbonyl (C=O) groups is 1. The van der Waals surface area contributed by atoms with E-state index in [4.69, 9.17) is 0 Å². The molecule has 0 amide bonds. The second-order valence-corrected chi connectivity index (χ2v) is 12.5. The van der Waals surface area contributed by atoms with Gasteiger partial charge in [0, 0.05) is 0 Å². The fraction of sp³-hybridized carbons (Fsp3) is 0. The first-order valence-electron chi connectivity index (χ1n) is 7.01.